The second kappa shape index (κ2) is 5.70. The normalized spacial score (nSPS) is 11.8. The lowest BCUT2D eigenvalue weighted by Gasteiger charge is -2.20. The van der Waals surface area contributed by atoms with Crippen molar-refractivity contribution in [2.75, 3.05) is 0 Å². The molecule has 2 nitrogen and oxygen atoms in total. The first kappa shape index (κ1) is 15.9. The molecule has 0 fully saturated rings. The smallest absolute Gasteiger partial charge is 0.162 e. The topological polar surface area (TPSA) is 25.8 Å². The number of hydrogen-bond acceptors (Lipinski definition) is 2. The maximum atomic E-state index is 13.4. The van der Waals surface area contributed by atoms with Crippen LogP contribution in [0.2, 0.25) is 5.15 Å². The van der Waals surface area contributed by atoms with E-state index in [0.717, 1.165) is 10.2 Å². The third-order valence-corrected chi connectivity index (χ3v) is 4.63. The van der Waals surface area contributed by atoms with Gasteiger partial charge in [0.05, 0.1) is 10.2 Å². The summed E-state index contributed by atoms with van der Waals surface area (Å²) in [6, 6.07) is 4.38. The second-order valence-electron chi connectivity index (χ2n) is 5.37. The maximum absolute atomic E-state index is 13.4. The van der Waals surface area contributed by atoms with Crippen molar-refractivity contribution < 1.29 is 4.39 Å². The number of aromatic nitrogens is 2. The molecule has 106 valence electrons. The number of benzene rings is 1. The van der Waals surface area contributed by atoms with Gasteiger partial charge in [-0.15, -0.1) is 0 Å². The molecule has 0 spiro atoms. The molecular formula is C14H12Br2ClFN2. The number of hydrogen-bond donors (Lipinski definition) is 0. The van der Waals surface area contributed by atoms with E-state index < -0.39 is 0 Å². The minimum atomic E-state index is -0.344. The van der Waals surface area contributed by atoms with E-state index in [1.165, 1.54) is 12.1 Å². The van der Waals surface area contributed by atoms with Gasteiger partial charge in [0.15, 0.2) is 5.82 Å². The van der Waals surface area contributed by atoms with Crippen molar-refractivity contribution in [3.05, 3.63) is 43.8 Å². The van der Waals surface area contributed by atoms with Crippen molar-refractivity contribution >= 4 is 43.5 Å². The van der Waals surface area contributed by atoms with Gasteiger partial charge in [0, 0.05) is 15.5 Å². The van der Waals surface area contributed by atoms with E-state index in [4.69, 9.17) is 11.6 Å². The van der Waals surface area contributed by atoms with Crippen LogP contribution in [0.3, 0.4) is 0 Å². The first-order valence-corrected chi connectivity index (χ1v) is 7.85. The average Bonchev–Trinajstić information content (AvgIpc) is 2.34. The standard InChI is InChI=1S/C14H12Br2ClFN2/c1-14(2,3)11-10(16)12(17)20-13(19-11)8-6-7(18)4-5-9(8)15/h4-6H,1-3H3. The monoisotopic (exact) mass is 420 g/mol. The number of halogens is 4. The summed E-state index contributed by atoms with van der Waals surface area (Å²) in [6.45, 7) is 6.09. The largest absolute Gasteiger partial charge is 0.231 e. The fourth-order valence-electron chi connectivity index (χ4n) is 1.71. The van der Waals surface area contributed by atoms with E-state index in [2.05, 4.69) is 41.8 Å². The summed E-state index contributed by atoms with van der Waals surface area (Å²) < 4.78 is 14.8. The maximum Gasteiger partial charge on any atom is 0.162 e. The summed E-state index contributed by atoms with van der Waals surface area (Å²) in [7, 11) is 0. The molecule has 0 N–H and O–H groups in total. The lowest BCUT2D eigenvalue weighted by atomic mass is 9.92. The number of rotatable bonds is 1. The summed E-state index contributed by atoms with van der Waals surface area (Å²) in [6.07, 6.45) is 0. The molecule has 6 heteroatoms. The molecule has 0 amide bonds. The van der Waals surface area contributed by atoms with E-state index in [1.807, 2.05) is 20.8 Å². The van der Waals surface area contributed by atoms with Crippen molar-refractivity contribution in [2.45, 2.75) is 26.2 Å². The Kier molecular flexibility index (Phi) is 4.52. The summed E-state index contributed by atoms with van der Waals surface area (Å²) in [4.78, 5) is 8.77. The zero-order valence-corrected chi connectivity index (χ0v) is 15.1. The molecule has 0 radical (unpaired) electrons. The van der Waals surface area contributed by atoms with E-state index >= 15 is 0 Å². The highest BCUT2D eigenvalue weighted by atomic mass is 79.9. The predicted octanol–water partition coefficient (Wildman–Crippen LogP) is 5.76. The molecule has 0 saturated carbocycles. The van der Waals surface area contributed by atoms with Gasteiger partial charge in [-0.2, -0.15) is 0 Å². The first-order valence-electron chi connectivity index (χ1n) is 5.89. The molecule has 1 aromatic carbocycles. The molecule has 0 bridgehead atoms. The molecular weight excluding hydrogens is 410 g/mol. The molecule has 2 rings (SSSR count). The van der Waals surface area contributed by atoms with E-state index in [-0.39, 0.29) is 11.2 Å². The van der Waals surface area contributed by atoms with E-state index in [0.29, 0.717) is 21.0 Å². The van der Waals surface area contributed by atoms with Gasteiger partial charge in [-0.25, -0.2) is 14.4 Å². The Morgan fingerprint density at radius 2 is 1.80 bits per heavy atom. The molecule has 1 aromatic heterocycles. The fourth-order valence-corrected chi connectivity index (χ4v) is 3.07. The van der Waals surface area contributed by atoms with Gasteiger partial charge >= 0.3 is 0 Å². The average molecular weight is 423 g/mol. The quantitative estimate of drug-likeness (QED) is 0.546. The first-order chi connectivity index (χ1) is 9.20. The Bertz CT molecular complexity index is 669. The molecule has 0 aliphatic rings. The van der Waals surface area contributed by atoms with Gasteiger partial charge in [-0.3, -0.25) is 0 Å². The number of nitrogens with zero attached hydrogens (tertiary/aromatic N) is 2. The van der Waals surface area contributed by atoms with E-state index in [9.17, 15) is 4.39 Å². The van der Waals surface area contributed by atoms with Crippen LogP contribution >= 0.6 is 43.5 Å². The third-order valence-electron chi connectivity index (χ3n) is 2.69. The molecule has 0 atom stereocenters. The second-order valence-corrected chi connectivity index (χ2v) is 7.38. The van der Waals surface area contributed by atoms with Crippen LogP contribution < -0.4 is 0 Å². The van der Waals surface area contributed by atoms with Crippen molar-refractivity contribution in [3.8, 4) is 11.4 Å². The van der Waals surface area contributed by atoms with E-state index in [1.54, 1.807) is 6.07 Å². The van der Waals surface area contributed by atoms with Crippen molar-refractivity contribution in [1.29, 1.82) is 0 Å². The highest BCUT2D eigenvalue weighted by molar-refractivity contribution is 9.11. The highest BCUT2D eigenvalue weighted by Gasteiger charge is 2.23. The molecule has 0 saturated heterocycles. The molecule has 2 aromatic rings. The molecule has 1 heterocycles. The summed E-state index contributed by atoms with van der Waals surface area (Å²) in [5, 5.41) is 0.316. The zero-order chi connectivity index (χ0) is 15.1. The Morgan fingerprint density at radius 1 is 1.15 bits per heavy atom. The third kappa shape index (κ3) is 3.21. The van der Waals surface area contributed by atoms with Crippen LogP contribution in [0.15, 0.2) is 27.1 Å². The SMILES string of the molecule is CC(C)(C)c1nc(-c2cc(F)ccc2Br)nc(Cl)c1Br. The van der Waals surface area contributed by atoms with Crippen LogP contribution in [0.25, 0.3) is 11.4 Å². The Morgan fingerprint density at radius 3 is 2.40 bits per heavy atom. The summed E-state index contributed by atoms with van der Waals surface area (Å²) >= 11 is 13.0. The van der Waals surface area contributed by atoms with Gasteiger partial charge in [0.2, 0.25) is 0 Å². The Labute approximate surface area is 139 Å². The van der Waals surface area contributed by atoms with Crippen molar-refractivity contribution in [2.24, 2.45) is 0 Å². The Balaban J connectivity index is 2.70. The Hall–Kier alpha value is -0.520. The van der Waals surface area contributed by atoms with Crippen LogP contribution in [0.5, 0.6) is 0 Å². The minimum Gasteiger partial charge on any atom is -0.231 e. The van der Waals surface area contributed by atoms with Gasteiger partial charge in [0.1, 0.15) is 11.0 Å². The summed E-state index contributed by atoms with van der Waals surface area (Å²) in [5.74, 6) is 0.0534. The van der Waals surface area contributed by atoms with Gasteiger partial charge in [-0.05, 0) is 34.1 Å². The predicted molar refractivity (Wildman–Crippen MR) is 86.5 cm³/mol. The van der Waals surface area contributed by atoms with Crippen LogP contribution in [-0.2, 0) is 5.41 Å². The van der Waals surface area contributed by atoms with Crippen LogP contribution in [0.4, 0.5) is 4.39 Å². The van der Waals surface area contributed by atoms with Crippen LogP contribution in [0.1, 0.15) is 26.5 Å². The van der Waals surface area contributed by atoms with Crippen molar-refractivity contribution in [3.63, 3.8) is 0 Å². The lowest BCUT2D eigenvalue weighted by Crippen LogP contribution is -2.16. The summed E-state index contributed by atoms with van der Waals surface area (Å²) in [5.41, 5.74) is 1.15. The zero-order valence-electron chi connectivity index (χ0n) is 11.1. The van der Waals surface area contributed by atoms with Crippen LogP contribution in [-0.4, -0.2) is 9.97 Å². The molecule has 0 unspecified atom stereocenters. The lowest BCUT2D eigenvalue weighted by molar-refractivity contribution is 0.564. The highest BCUT2D eigenvalue weighted by Crippen LogP contribution is 2.35. The fraction of sp³-hybridized carbons (Fsp3) is 0.286. The van der Waals surface area contributed by atoms with Gasteiger partial charge in [0.25, 0.3) is 0 Å². The molecule has 0 aliphatic heterocycles. The molecule has 0 aliphatic carbocycles. The van der Waals surface area contributed by atoms with Gasteiger partial charge < -0.3 is 0 Å². The molecule has 20 heavy (non-hydrogen) atoms. The minimum absolute atomic E-state index is 0.208. The van der Waals surface area contributed by atoms with Crippen molar-refractivity contribution in [1.82, 2.24) is 9.97 Å². The van der Waals surface area contributed by atoms with Gasteiger partial charge in [-0.1, -0.05) is 48.3 Å². The van der Waals surface area contributed by atoms with Crippen LogP contribution in [0, 0.1) is 5.82 Å².